The fourth-order valence-corrected chi connectivity index (χ4v) is 2.62. The monoisotopic (exact) mass is 267 g/mol. The first-order valence-electron chi connectivity index (χ1n) is 5.36. The van der Waals surface area contributed by atoms with Gasteiger partial charge in [-0.2, -0.15) is 0 Å². The van der Waals surface area contributed by atoms with Crippen LogP contribution in [0.1, 0.15) is 30.7 Å². The first-order valence-corrected chi connectivity index (χ1v) is 6.24. The molecular weight excluding hydrogens is 254 g/mol. The minimum atomic E-state index is -0.363. The van der Waals surface area contributed by atoms with E-state index < -0.39 is 0 Å². The van der Waals surface area contributed by atoms with E-state index in [1.54, 1.807) is 6.07 Å². The van der Waals surface area contributed by atoms with Crippen LogP contribution < -0.4 is 5.32 Å². The van der Waals surface area contributed by atoms with E-state index >= 15 is 0 Å². The van der Waals surface area contributed by atoms with Crippen molar-refractivity contribution in [3.63, 3.8) is 0 Å². The first kappa shape index (κ1) is 12.7. The molecular formula is C11H13N3O3S. The zero-order chi connectivity index (χ0) is 13.3. The molecule has 1 aromatic heterocycles. The van der Waals surface area contributed by atoms with Gasteiger partial charge in [-0.05, 0) is 19.1 Å². The average molecular weight is 267 g/mol. The third kappa shape index (κ3) is 2.56. The molecule has 0 unspecified atom stereocenters. The molecule has 0 spiro atoms. The maximum Gasteiger partial charge on any atom is 0.241 e. The van der Waals surface area contributed by atoms with E-state index in [1.165, 1.54) is 30.6 Å². The van der Waals surface area contributed by atoms with E-state index in [0.29, 0.717) is 10.9 Å². The van der Waals surface area contributed by atoms with Gasteiger partial charge in [-0.3, -0.25) is 9.59 Å². The lowest BCUT2D eigenvalue weighted by atomic mass is 10.4. The van der Waals surface area contributed by atoms with Crippen LogP contribution in [0.4, 0.5) is 0 Å². The molecule has 1 N–H and O–H groups in total. The van der Waals surface area contributed by atoms with Gasteiger partial charge in [0.1, 0.15) is 11.5 Å². The summed E-state index contributed by atoms with van der Waals surface area (Å²) in [5, 5.41) is 7.97. The molecule has 0 saturated heterocycles. The average Bonchev–Trinajstić information content (AvgIpc) is 2.83. The van der Waals surface area contributed by atoms with Crippen LogP contribution in [-0.4, -0.2) is 22.0 Å². The number of nitrogens with one attached hydrogen (secondary N) is 1. The van der Waals surface area contributed by atoms with E-state index in [9.17, 15) is 9.59 Å². The molecule has 2 rings (SSSR count). The van der Waals surface area contributed by atoms with Crippen molar-refractivity contribution in [1.29, 1.82) is 0 Å². The lowest BCUT2D eigenvalue weighted by Gasteiger charge is -2.16. The van der Waals surface area contributed by atoms with Crippen LogP contribution in [0, 0.1) is 6.92 Å². The number of hydrazone groups is 1. The Labute approximate surface area is 108 Å². The Hall–Kier alpha value is -1.76. The van der Waals surface area contributed by atoms with Gasteiger partial charge < -0.3 is 9.73 Å². The lowest BCUT2D eigenvalue weighted by molar-refractivity contribution is -0.129. The number of rotatable bonds is 1. The Morgan fingerprint density at radius 2 is 2.17 bits per heavy atom. The topological polar surface area (TPSA) is 74.9 Å². The predicted molar refractivity (Wildman–Crippen MR) is 67.5 cm³/mol. The molecule has 0 bridgehead atoms. The molecule has 0 aromatic carbocycles. The summed E-state index contributed by atoms with van der Waals surface area (Å²) in [7, 11) is 0. The van der Waals surface area contributed by atoms with Gasteiger partial charge in [0.25, 0.3) is 0 Å². The molecule has 18 heavy (non-hydrogen) atoms. The molecule has 0 saturated carbocycles. The number of carbonyl (C=O) groups excluding carboxylic acids is 2. The molecule has 0 radical (unpaired) electrons. The standard InChI is InChI=1S/C11H13N3O3S/c1-6-4-5-9(17-6)10-14(8(3)16)13-11(18-10)12-7(2)15/h4-5,10H,1-3H3,(H,12,13,15)/t10-/m0/s1. The summed E-state index contributed by atoms with van der Waals surface area (Å²) >= 11 is 1.27. The minimum Gasteiger partial charge on any atom is -0.463 e. The third-order valence-electron chi connectivity index (χ3n) is 2.25. The van der Waals surface area contributed by atoms with Gasteiger partial charge in [-0.25, -0.2) is 5.01 Å². The van der Waals surface area contributed by atoms with Crippen molar-refractivity contribution < 1.29 is 14.0 Å². The molecule has 96 valence electrons. The highest BCUT2D eigenvalue weighted by Gasteiger charge is 2.34. The Morgan fingerprint density at radius 3 is 2.67 bits per heavy atom. The third-order valence-corrected chi connectivity index (χ3v) is 3.32. The van der Waals surface area contributed by atoms with E-state index in [1.807, 2.05) is 13.0 Å². The zero-order valence-electron chi connectivity index (χ0n) is 10.3. The van der Waals surface area contributed by atoms with Crippen molar-refractivity contribution in [3.8, 4) is 0 Å². The van der Waals surface area contributed by atoms with Gasteiger partial charge in [-0.15, -0.1) is 5.10 Å². The zero-order valence-corrected chi connectivity index (χ0v) is 11.1. The summed E-state index contributed by atoms with van der Waals surface area (Å²) in [5.74, 6) is 0.974. The number of hydrogen-bond donors (Lipinski definition) is 1. The predicted octanol–water partition coefficient (Wildman–Crippen LogP) is 1.59. The van der Waals surface area contributed by atoms with Crippen molar-refractivity contribution in [2.24, 2.45) is 5.10 Å². The maximum absolute atomic E-state index is 11.5. The highest BCUT2D eigenvalue weighted by Crippen LogP contribution is 2.39. The fraction of sp³-hybridized carbons (Fsp3) is 0.364. The number of aryl methyl sites for hydroxylation is 1. The molecule has 2 heterocycles. The quantitative estimate of drug-likeness (QED) is 0.838. The van der Waals surface area contributed by atoms with Crippen LogP contribution in [0.25, 0.3) is 0 Å². The van der Waals surface area contributed by atoms with Gasteiger partial charge in [0, 0.05) is 13.8 Å². The number of carbonyl (C=O) groups is 2. The molecule has 1 atom stereocenters. The smallest absolute Gasteiger partial charge is 0.241 e. The Bertz CT molecular complexity index is 523. The molecule has 1 aliphatic rings. The number of amides is 2. The largest absolute Gasteiger partial charge is 0.463 e. The summed E-state index contributed by atoms with van der Waals surface area (Å²) in [5.41, 5.74) is 0. The van der Waals surface area contributed by atoms with E-state index in [4.69, 9.17) is 4.42 Å². The molecule has 7 heteroatoms. The Balaban J connectivity index is 2.22. The summed E-state index contributed by atoms with van der Waals surface area (Å²) in [4.78, 5) is 22.5. The van der Waals surface area contributed by atoms with Crippen LogP contribution >= 0.6 is 11.8 Å². The Morgan fingerprint density at radius 1 is 1.44 bits per heavy atom. The molecule has 2 amide bonds. The number of amidine groups is 1. The van der Waals surface area contributed by atoms with Gasteiger partial charge in [0.15, 0.2) is 10.5 Å². The van der Waals surface area contributed by atoms with Gasteiger partial charge in [0.05, 0.1) is 0 Å². The number of nitrogens with zero attached hydrogens (tertiary/aromatic N) is 2. The lowest BCUT2D eigenvalue weighted by Crippen LogP contribution is -2.25. The van der Waals surface area contributed by atoms with Crippen LogP contribution in [0.15, 0.2) is 21.7 Å². The van der Waals surface area contributed by atoms with Crippen LogP contribution in [0.3, 0.4) is 0 Å². The minimum absolute atomic E-state index is 0.207. The SMILES string of the molecule is CC(=O)NC1=NN(C(C)=O)[C@H](c2ccc(C)o2)S1. The maximum atomic E-state index is 11.5. The van der Waals surface area contributed by atoms with Gasteiger partial charge in [0.2, 0.25) is 11.8 Å². The van der Waals surface area contributed by atoms with Crippen molar-refractivity contribution in [3.05, 3.63) is 23.7 Å². The van der Waals surface area contributed by atoms with Crippen molar-refractivity contribution in [1.82, 2.24) is 10.3 Å². The second-order valence-electron chi connectivity index (χ2n) is 3.87. The second-order valence-corrected chi connectivity index (χ2v) is 4.94. The highest BCUT2D eigenvalue weighted by atomic mass is 32.2. The van der Waals surface area contributed by atoms with E-state index in [2.05, 4.69) is 10.4 Å². The van der Waals surface area contributed by atoms with Crippen LogP contribution in [0.5, 0.6) is 0 Å². The summed E-state index contributed by atoms with van der Waals surface area (Å²) in [6, 6.07) is 3.62. The van der Waals surface area contributed by atoms with E-state index in [0.717, 1.165) is 5.76 Å². The van der Waals surface area contributed by atoms with Crippen molar-refractivity contribution in [2.75, 3.05) is 0 Å². The summed E-state index contributed by atoms with van der Waals surface area (Å²) in [6.45, 7) is 4.64. The van der Waals surface area contributed by atoms with E-state index in [-0.39, 0.29) is 17.2 Å². The normalized spacial score (nSPS) is 18.7. The molecule has 1 aromatic rings. The van der Waals surface area contributed by atoms with Crippen molar-refractivity contribution >= 4 is 28.7 Å². The molecule has 6 nitrogen and oxygen atoms in total. The highest BCUT2D eigenvalue weighted by molar-refractivity contribution is 8.14. The number of thioether (sulfide) groups is 1. The Kier molecular flexibility index (Phi) is 3.42. The van der Waals surface area contributed by atoms with Gasteiger partial charge >= 0.3 is 0 Å². The molecule has 1 aliphatic heterocycles. The molecule has 0 aliphatic carbocycles. The summed E-state index contributed by atoms with van der Waals surface area (Å²) in [6.07, 6.45) is 0. The first-order chi connectivity index (χ1) is 8.47. The van der Waals surface area contributed by atoms with Gasteiger partial charge in [-0.1, -0.05) is 11.8 Å². The summed E-state index contributed by atoms with van der Waals surface area (Å²) < 4.78 is 5.50. The number of hydrogen-bond acceptors (Lipinski definition) is 5. The fourth-order valence-electron chi connectivity index (χ4n) is 1.53. The van der Waals surface area contributed by atoms with Crippen LogP contribution in [-0.2, 0) is 9.59 Å². The molecule has 0 fully saturated rings. The number of furan rings is 1. The van der Waals surface area contributed by atoms with Crippen molar-refractivity contribution in [2.45, 2.75) is 26.1 Å². The van der Waals surface area contributed by atoms with Crippen LogP contribution in [0.2, 0.25) is 0 Å². The second kappa shape index (κ2) is 4.85.